The molecule has 0 aliphatic heterocycles. The fraction of sp³-hybridized carbons (Fsp3) is 0.125. The van der Waals surface area contributed by atoms with Gasteiger partial charge in [0.15, 0.2) is 0 Å². The molecule has 0 bridgehead atoms. The van der Waals surface area contributed by atoms with Crippen LogP contribution in [-0.2, 0) is 4.74 Å². The molecule has 112 valence electrons. The second kappa shape index (κ2) is 6.10. The summed E-state index contributed by atoms with van der Waals surface area (Å²) in [5.74, 6) is -0.391. The Morgan fingerprint density at radius 3 is 2.77 bits per heavy atom. The van der Waals surface area contributed by atoms with Gasteiger partial charge in [-0.3, -0.25) is 4.98 Å². The second-order valence-electron chi connectivity index (χ2n) is 4.64. The highest BCUT2D eigenvalue weighted by molar-refractivity contribution is 9.10. The fourth-order valence-electron chi connectivity index (χ4n) is 2.36. The number of nitrogens with one attached hydrogen (secondary N) is 1. The Kier molecular flexibility index (Phi) is 4.18. The number of esters is 1. The lowest BCUT2D eigenvalue weighted by Gasteiger charge is -2.05. The van der Waals surface area contributed by atoms with E-state index in [-0.39, 0.29) is 0 Å². The van der Waals surface area contributed by atoms with E-state index in [1.54, 1.807) is 19.3 Å². The number of hydrogen-bond donors (Lipinski definition) is 1. The van der Waals surface area contributed by atoms with Crippen molar-refractivity contribution >= 4 is 44.4 Å². The van der Waals surface area contributed by atoms with Gasteiger partial charge < -0.3 is 9.72 Å². The smallest absolute Gasteiger partial charge is 0.355 e. The first kappa shape index (κ1) is 15.1. The maximum absolute atomic E-state index is 12.3. The minimum atomic E-state index is -0.391. The normalized spacial score (nSPS) is 10.9. The predicted molar refractivity (Wildman–Crippen MR) is 90.2 cm³/mol. The lowest BCUT2D eigenvalue weighted by molar-refractivity contribution is 0.0521. The number of H-pyrrole nitrogens is 1. The van der Waals surface area contributed by atoms with Crippen LogP contribution in [0, 0.1) is 0 Å². The van der Waals surface area contributed by atoms with Crippen LogP contribution in [0.3, 0.4) is 0 Å². The average molecular weight is 380 g/mol. The number of hydrogen-bond acceptors (Lipinski definition) is 3. The largest absolute Gasteiger partial charge is 0.461 e. The molecule has 0 saturated heterocycles. The molecule has 0 radical (unpaired) electrons. The lowest BCUT2D eigenvalue weighted by Crippen LogP contribution is -2.06. The van der Waals surface area contributed by atoms with Gasteiger partial charge in [-0.2, -0.15) is 0 Å². The third-order valence-electron chi connectivity index (χ3n) is 3.29. The van der Waals surface area contributed by atoms with Crippen LogP contribution in [0.4, 0.5) is 0 Å². The molecule has 0 aliphatic rings. The number of fused-ring (bicyclic) bond motifs is 1. The maximum atomic E-state index is 12.3. The number of aromatic nitrogens is 2. The molecule has 0 atom stereocenters. The SMILES string of the molecule is CCOC(=O)c1[nH]c2cc(Br)c(Cl)cc2c1-c1ccncc1. The van der Waals surface area contributed by atoms with Gasteiger partial charge in [-0.15, -0.1) is 0 Å². The van der Waals surface area contributed by atoms with Crippen molar-refractivity contribution in [3.8, 4) is 11.1 Å². The van der Waals surface area contributed by atoms with E-state index in [1.807, 2.05) is 24.3 Å². The van der Waals surface area contributed by atoms with Crippen molar-refractivity contribution in [3.63, 3.8) is 0 Å². The molecule has 0 unspecified atom stereocenters. The quantitative estimate of drug-likeness (QED) is 0.664. The Balaban J connectivity index is 2.32. The Hall–Kier alpha value is -1.85. The number of pyridine rings is 1. The third-order valence-corrected chi connectivity index (χ3v) is 4.49. The molecule has 0 saturated carbocycles. The molecular formula is C16H12BrClN2O2. The summed E-state index contributed by atoms with van der Waals surface area (Å²) in [7, 11) is 0. The highest BCUT2D eigenvalue weighted by atomic mass is 79.9. The van der Waals surface area contributed by atoms with Gasteiger partial charge in [0, 0.05) is 33.3 Å². The monoisotopic (exact) mass is 378 g/mol. The van der Waals surface area contributed by atoms with Crippen LogP contribution in [0.2, 0.25) is 5.02 Å². The molecule has 0 fully saturated rings. The van der Waals surface area contributed by atoms with Gasteiger partial charge in [0.2, 0.25) is 0 Å². The number of carbonyl (C=O) groups is 1. The van der Waals surface area contributed by atoms with Crippen molar-refractivity contribution in [1.29, 1.82) is 0 Å². The second-order valence-corrected chi connectivity index (χ2v) is 5.90. The summed E-state index contributed by atoms with van der Waals surface area (Å²) in [6.07, 6.45) is 3.37. The first-order valence-electron chi connectivity index (χ1n) is 6.70. The van der Waals surface area contributed by atoms with E-state index in [0.717, 1.165) is 26.5 Å². The zero-order chi connectivity index (χ0) is 15.7. The zero-order valence-electron chi connectivity index (χ0n) is 11.7. The number of nitrogens with zero attached hydrogens (tertiary/aromatic N) is 1. The zero-order valence-corrected chi connectivity index (χ0v) is 14.0. The van der Waals surface area contributed by atoms with Gasteiger partial charge in [-0.1, -0.05) is 11.6 Å². The summed E-state index contributed by atoms with van der Waals surface area (Å²) in [6, 6.07) is 7.38. The van der Waals surface area contributed by atoms with Crippen LogP contribution in [-0.4, -0.2) is 22.5 Å². The van der Waals surface area contributed by atoms with Crippen LogP contribution in [0.5, 0.6) is 0 Å². The third kappa shape index (κ3) is 2.62. The maximum Gasteiger partial charge on any atom is 0.355 e. The molecule has 1 aromatic carbocycles. The molecule has 22 heavy (non-hydrogen) atoms. The number of ether oxygens (including phenoxy) is 1. The topological polar surface area (TPSA) is 55.0 Å². The van der Waals surface area contributed by atoms with Gasteiger partial charge in [0.1, 0.15) is 5.69 Å². The van der Waals surface area contributed by atoms with E-state index >= 15 is 0 Å². The van der Waals surface area contributed by atoms with E-state index < -0.39 is 5.97 Å². The number of aromatic amines is 1. The molecular weight excluding hydrogens is 368 g/mol. The number of carbonyl (C=O) groups excluding carboxylic acids is 1. The molecule has 0 spiro atoms. The van der Waals surface area contributed by atoms with E-state index in [9.17, 15) is 4.79 Å². The highest BCUT2D eigenvalue weighted by Crippen LogP contribution is 2.37. The van der Waals surface area contributed by atoms with Crippen LogP contribution in [0.15, 0.2) is 41.1 Å². The van der Waals surface area contributed by atoms with Crippen molar-refractivity contribution < 1.29 is 9.53 Å². The van der Waals surface area contributed by atoms with E-state index in [2.05, 4.69) is 25.9 Å². The first-order chi connectivity index (χ1) is 10.6. The molecule has 2 aromatic heterocycles. The lowest BCUT2D eigenvalue weighted by atomic mass is 10.0. The van der Waals surface area contributed by atoms with E-state index in [4.69, 9.17) is 16.3 Å². The van der Waals surface area contributed by atoms with E-state index in [1.165, 1.54) is 0 Å². The molecule has 2 heterocycles. The van der Waals surface area contributed by atoms with Gasteiger partial charge in [0.05, 0.1) is 11.6 Å². The van der Waals surface area contributed by atoms with Crippen molar-refractivity contribution in [2.45, 2.75) is 6.92 Å². The number of rotatable bonds is 3. The minimum Gasteiger partial charge on any atom is -0.461 e. The van der Waals surface area contributed by atoms with Gasteiger partial charge in [-0.05, 0) is 52.7 Å². The van der Waals surface area contributed by atoms with Crippen molar-refractivity contribution in [2.24, 2.45) is 0 Å². The summed E-state index contributed by atoms with van der Waals surface area (Å²) >= 11 is 9.60. The van der Waals surface area contributed by atoms with Crippen LogP contribution < -0.4 is 0 Å². The Morgan fingerprint density at radius 1 is 1.36 bits per heavy atom. The molecule has 1 N–H and O–H groups in total. The van der Waals surface area contributed by atoms with Crippen molar-refractivity contribution in [3.05, 3.63) is 51.8 Å². The van der Waals surface area contributed by atoms with Crippen molar-refractivity contribution in [2.75, 3.05) is 6.61 Å². The molecule has 3 aromatic rings. The number of benzene rings is 1. The number of halogens is 2. The van der Waals surface area contributed by atoms with Gasteiger partial charge >= 0.3 is 5.97 Å². The Labute approximate surface area is 140 Å². The molecule has 4 nitrogen and oxygen atoms in total. The fourth-order valence-corrected chi connectivity index (χ4v) is 2.87. The summed E-state index contributed by atoms with van der Waals surface area (Å²) in [4.78, 5) is 19.4. The summed E-state index contributed by atoms with van der Waals surface area (Å²) in [5, 5.41) is 1.44. The first-order valence-corrected chi connectivity index (χ1v) is 7.87. The Bertz CT molecular complexity index is 846. The average Bonchev–Trinajstić information content (AvgIpc) is 2.87. The predicted octanol–water partition coefficient (Wildman–Crippen LogP) is 4.82. The van der Waals surface area contributed by atoms with Crippen LogP contribution in [0.25, 0.3) is 22.0 Å². The molecule has 0 amide bonds. The molecule has 6 heteroatoms. The Morgan fingerprint density at radius 2 is 2.09 bits per heavy atom. The van der Waals surface area contributed by atoms with Crippen LogP contribution >= 0.6 is 27.5 Å². The standard InChI is InChI=1S/C16H12BrClN2O2/c1-2-22-16(21)15-14(9-3-5-19-6-4-9)10-7-12(18)11(17)8-13(10)20-15/h3-8,20H,2H2,1H3. The van der Waals surface area contributed by atoms with Crippen LogP contribution in [0.1, 0.15) is 17.4 Å². The van der Waals surface area contributed by atoms with Crippen molar-refractivity contribution in [1.82, 2.24) is 9.97 Å². The summed E-state index contributed by atoms with van der Waals surface area (Å²) < 4.78 is 5.91. The highest BCUT2D eigenvalue weighted by Gasteiger charge is 2.21. The van der Waals surface area contributed by atoms with Gasteiger partial charge in [0.25, 0.3) is 0 Å². The van der Waals surface area contributed by atoms with Gasteiger partial charge in [-0.25, -0.2) is 4.79 Å². The molecule has 0 aliphatic carbocycles. The van der Waals surface area contributed by atoms with E-state index in [0.29, 0.717) is 17.3 Å². The minimum absolute atomic E-state index is 0.314. The molecule has 3 rings (SSSR count). The summed E-state index contributed by atoms with van der Waals surface area (Å²) in [5.41, 5.74) is 2.87. The summed E-state index contributed by atoms with van der Waals surface area (Å²) in [6.45, 7) is 2.09.